The van der Waals surface area contributed by atoms with Gasteiger partial charge in [-0.25, -0.2) is 9.59 Å². The third kappa shape index (κ3) is 2.02. The Morgan fingerprint density at radius 2 is 1.31 bits per heavy atom. The van der Waals surface area contributed by atoms with Crippen LogP contribution in [0.4, 0.5) is 9.59 Å². The van der Waals surface area contributed by atoms with Gasteiger partial charge in [0, 0.05) is 0 Å². The molecule has 2 saturated heterocycles. The van der Waals surface area contributed by atoms with E-state index in [2.05, 4.69) is 9.47 Å². The first-order valence-electron chi connectivity index (χ1n) is 4.60. The molecule has 90 valence electrons. The SMILES string of the molecule is O=C(O)OC1COC2C(OC(=O)O)COC12. The van der Waals surface area contributed by atoms with Gasteiger partial charge in [-0.15, -0.1) is 0 Å². The summed E-state index contributed by atoms with van der Waals surface area (Å²) >= 11 is 0. The van der Waals surface area contributed by atoms with Crippen LogP contribution >= 0.6 is 0 Å². The lowest BCUT2D eigenvalue weighted by molar-refractivity contribution is -0.0305. The summed E-state index contributed by atoms with van der Waals surface area (Å²) in [5, 5.41) is 16.9. The van der Waals surface area contributed by atoms with Crippen LogP contribution in [0.2, 0.25) is 0 Å². The summed E-state index contributed by atoms with van der Waals surface area (Å²) in [7, 11) is 0. The van der Waals surface area contributed by atoms with Crippen molar-refractivity contribution in [1.82, 2.24) is 0 Å². The van der Waals surface area contributed by atoms with Crippen molar-refractivity contribution in [2.45, 2.75) is 24.4 Å². The van der Waals surface area contributed by atoms with E-state index in [4.69, 9.17) is 19.7 Å². The first-order chi connectivity index (χ1) is 7.58. The van der Waals surface area contributed by atoms with E-state index in [9.17, 15) is 9.59 Å². The van der Waals surface area contributed by atoms with Crippen molar-refractivity contribution in [3.63, 3.8) is 0 Å². The maximum Gasteiger partial charge on any atom is 0.506 e. The molecule has 0 aromatic carbocycles. The number of hydrogen-bond donors (Lipinski definition) is 2. The Labute approximate surface area is 89.6 Å². The molecule has 4 atom stereocenters. The van der Waals surface area contributed by atoms with Crippen molar-refractivity contribution in [2.24, 2.45) is 0 Å². The molecule has 0 radical (unpaired) electrons. The second-order valence-electron chi connectivity index (χ2n) is 3.44. The molecule has 0 saturated carbocycles. The number of ether oxygens (including phenoxy) is 4. The quantitative estimate of drug-likeness (QED) is 0.637. The molecule has 16 heavy (non-hydrogen) atoms. The van der Waals surface area contributed by atoms with Gasteiger partial charge in [0.25, 0.3) is 0 Å². The molecule has 4 unspecified atom stereocenters. The van der Waals surface area contributed by atoms with E-state index in [0.29, 0.717) is 0 Å². The zero-order chi connectivity index (χ0) is 11.7. The van der Waals surface area contributed by atoms with Gasteiger partial charge < -0.3 is 29.2 Å². The Bertz CT molecular complexity index is 272. The molecule has 0 aromatic rings. The second kappa shape index (κ2) is 4.14. The van der Waals surface area contributed by atoms with Gasteiger partial charge in [-0.3, -0.25) is 0 Å². The molecule has 2 aliphatic rings. The molecule has 8 heteroatoms. The summed E-state index contributed by atoms with van der Waals surface area (Å²) in [6.07, 6.45) is -5.49. The van der Waals surface area contributed by atoms with Gasteiger partial charge in [0.05, 0.1) is 13.2 Å². The molecule has 0 amide bonds. The van der Waals surface area contributed by atoms with Crippen LogP contribution in [-0.4, -0.2) is 60.2 Å². The Kier molecular flexibility index (Phi) is 2.84. The van der Waals surface area contributed by atoms with Crippen LogP contribution in [0.25, 0.3) is 0 Å². The van der Waals surface area contributed by atoms with E-state index in [0.717, 1.165) is 0 Å². The summed E-state index contributed by atoms with van der Waals surface area (Å²) < 4.78 is 19.5. The Hall–Kier alpha value is -1.54. The number of rotatable bonds is 2. The van der Waals surface area contributed by atoms with Crippen molar-refractivity contribution in [3.8, 4) is 0 Å². The lowest BCUT2D eigenvalue weighted by atomic mass is 10.1. The van der Waals surface area contributed by atoms with E-state index in [1.54, 1.807) is 0 Å². The number of hydrogen-bond acceptors (Lipinski definition) is 6. The van der Waals surface area contributed by atoms with Crippen molar-refractivity contribution >= 4 is 12.3 Å². The summed E-state index contributed by atoms with van der Waals surface area (Å²) in [6.45, 7) is 0.0855. The molecule has 0 aromatic heterocycles. The minimum absolute atomic E-state index is 0.0428. The van der Waals surface area contributed by atoms with E-state index in [1.807, 2.05) is 0 Å². The monoisotopic (exact) mass is 234 g/mol. The number of carbonyl (C=O) groups is 2. The third-order valence-electron chi connectivity index (χ3n) is 2.47. The van der Waals surface area contributed by atoms with Gasteiger partial charge in [-0.1, -0.05) is 0 Å². The van der Waals surface area contributed by atoms with E-state index >= 15 is 0 Å². The lowest BCUT2D eigenvalue weighted by Crippen LogP contribution is -2.35. The van der Waals surface area contributed by atoms with Crippen LogP contribution in [0, 0.1) is 0 Å². The fourth-order valence-corrected chi connectivity index (χ4v) is 1.89. The van der Waals surface area contributed by atoms with E-state index < -0.39 is 36.7 Å². The molecule has 0 aliphatic carbocycles. The standard InChI is InChI=1S/C8H10O8/c9-7(10)15-3-1-13-6-4(16-8(11)12)2-14-5(3)6/h3-6H,1-2H2,(H,9,10)(H,11,12). The largest absolute Gasteiger partial charge is 0.506 e. The first-order valence-corrected chi connectivity index (χ1v) is 4.60. The highest BCUT2D eigenvalue weighted by Gasteiger charge is 2.51. The van der Waals surface area contributed by atoms with Crippen LogP contribution in [0.5, 0.6) is 0 Å². The Balaban J connectivity index is 1.95. The lowest BCUT2D eigenvalue weighted by Gasteiger charge is -2.14. The molecule has 2 rings (SSSR count). The molecule has 2 aliphatic heterocycles. The average Bonchev–Trinajstić information content (AvgIpc) is 2.70. The smallest absolute Gasteiger partial charge is 0.450 e. The predicted molar refractivity (Wildman–Crippen MR) is 45.3 cm³/mol. The normalized spacial score (nSPS) is 36.8. The second-order valence-corrected chi connectivity index (χ2v) is 3.44. The number of fused-ring (bicyclic) bond motifs is 1. The zero-order valence-electron chi connectivity index (χ0n) is 8.07. The van der Waals surface area contributed by atoms with E-state index in [1.165, 1.54) is 0 Å². The van der Waals surface area contributed by atoms with Crippen LogP contribution in [-0.2, 0) is 18.9 Å². The van der Waals surface area contributed by atoms with Crippen molar-refractivity contribution in [2.75, 3.05) is 13.2 Å². The van der Waals surface area contributed by atoms with Gasteiger partial charge >= 0.3 is 12.3 Å². The van der Waals surface area contributed by atoms with Crippen LogP contribution in [0.3, 0.4) is 0 Å². The topological polar surface area (TPSA) is 112 Å². The van der Waals surface area contributed by atoms with Crippen molar-refractivity contribution in [1.29, 1.82) is 0 Å². The summed E-state index contributed by atoms with van der Waals surface area (Å²) in [4.78, 5) is 20.7. The zero-order valence-corrected chi connectivity index (χ0v) is 8.07. The fourth-order valence-electron chi connectivity index (χ4n) is 1.89. The molecule has 0 bridgehead atoms. The van der Waals surface area contributed by atoms with Gasteiger partial charge in [-0.2, -0.15) is 0 Å². The highest BCUT2D eigenvalue weighted by Crippen LogP contribution is 2.30. The van der Waals surface area contributed by atoms with Crippen molar-refractivity contribution < 1.29 is 38.7 Å². The minimum Gasteiger partial charge on any atom is -0.450 e. The number of carboxylic acid groups (broad SMARTS) is 2. The minimum atomic E-state index is -1.42. The maximum absolute atomic E-state index is 10.3. The molecular formula is C8H10O8. The highest BCUT2D eigenvalue weighted by molar-refractivity contribution is 5.57. The van der Waals surface area contributed by atoms with Gasteiger partial charge in [0.2, 0.25) is 0 Å². The highest BCUT2D eigenvalue weighted by atomic mass is 16.7. The molecular weight excluding hydrogens is 224 g/mol. The summed E-state index contributed by atoms with van der Waals surface area (Å²) in [5.41, 5.74) is 0. The first kappa shape index (κ1) is 11.0. The predicted octanol–water partition coefficient (Wildman–Crippen LogP) is -0.0896. The maximum atomic E-state index is 10.3. The van der Waals surface area contributed by atoms with Gasteiger partial charge in [0.1, 0.15) is 12.2 Å². The third-order valence-corrected chi connectivity index (χ3v) is 2.47. The molecule has 2 heterocycles. The summed E-state index contributed by atoms with van der Waals surface area (Å²) in [6, 6.07) is 0. The van der Waals surface area contributed by atoms with E-state index in [-0.39, 0.29) is 13.2 Å². The van der Waals surface area contributed by atoms with Crippen LogP contribution in [0.1, 0.15) is 0 Å². The Morgan fingerprint density at radius 3 is 1.62 bits per heavy atom. The molecule has 2 fully saturated rings. The summed E-state index contributed by atoms with van der Waals surface area (Å²) in [5.74, 6) is 0. The fraction of sp³-hybridized carbons (Fsp3) is 0.750. The average molecular weight is 234 g/mol. The van der Waals surface area contributed by atoms with Crippen molar-refractivity contribution in [3.05, 3.63) is 0 Å². The molecule has 2 N–H and O–H groups in total. The van der Waals surface area contributed by atoms with Gasteiger partial charge in [0.15, 0.2) is 12.2 Å². The Morgan fingerprint density at radius 1 is 0.938 bits per heavy atom. The van der Waals surface area contributed by atoms with Crippen LogP contribution in [0.15, 0.2) is 0 Å². The molecule has 0 spiro atoms. The molecule has 8 nitrogen and oxygen atoms in total. The van der Waals surface area contributed by atoms with Crippen LogP contribution < -0.4 is 0 Å². The van der Waals surface area contributed by atoms with Gasteiger partial charge in [-0.05, 0) is 0 Å².